The van der Waals surface area contributed by atoms with E-state index in [0.29, 0.717) is 12.3 Å². The van der Waals surface area contributed by atoms with Gasteiger partial charge in [-0.2, -0.15) is 0 Å². The van der Waals surface area contributed by atoms with Crippen LogP contribution >= 0.6 is 0 Å². The van der Waals surface area contributed by atoms with E-state index in [1.165, 1.54) is 11.6 Å². The molecule has 3 rings (SSSR count). The molecule has 0 saturated heterocycles. The average Bonchev–Trinajstić information content (AvgIpc) is 3.06. The zero-order valence-electron chi connectivity index (χ0n) is 13.6. The number of hydrogen-bond acceptors (Lipinski definition) is 4. The van der Waals surface area contributed by atoms with Crippen LogP contribution in [0.2, 0.25) is 0 Å². The molecule has 0 fully saturated rings. The molecule has 5 nitrogen and oxygen atoms in total. The Morgan fingerprint density at radius 1 is 1.08 bits per heavy atom. The van der Waals surface area contributed by atoms with Crippen molar-refractivity contribution in [3.63, 3.8) is 0 Å². The maximum Gasteiger partial charge on any atom is 0.294 e. The molecular formula is C19H18N2O3. The first-order chi connectivity index (χ1) is 11.6. The molecule has 1 heterocycles. The summed E-state index contributed by atoms with van der Waals surface area (Å²) in [5.41, 5.74) is 4.01. The summed E-state index contributed by atoms with van der Waals surface area (Å²) in [5.74, 6) is 0.0284. The van der Waals surface area contributed by atoms with Crippen molar-refractivity contribution in [2.75, 3.05) is 5.32 Å². The first-order valence-electron chi connectivity index (χ1n) is 7.64. The molecule has 1 N–H and O–H groups in total. The largest absolute Gasteiger partial charge is 0.471 e. The molecule has 0 spiro atoms. The van der Waals surface area contributed by atoms with Gasteiger partial charge in [0.2, 0.25) is 5.76 Å². The van der Waals surface area contributed by atoms with Crippen molar-refractivity contribution >= 4 is 11.6 Å². The Morgan fingerprint density at radius 2 is 1.88 bits per heavy atom. The summed E-state index contributed by atoms with van der Waals surface area (Å²) in [4.78, 5) is 12.2. The van der Waals surface area contributed by atoms with Crippen LogP contribution in [0.1, 0.15) is 27.2 Å². The maximum absolute atomic E-state index is 12.2. The number of rotatable bonds is 5. The highest BCUT2D eigenvalue weighted by molar-refractivity contribution is 6.02. The van der Waals surface area contributed by atoms with E-state index >= 15 is 0 Å². The molecule has 2 aromatic carbocycles. The zero-order valence-corrected chi connectivity index (χ0v) is 13.6. The highest BCUT2D eigenvalue weighted by Crippen LogP contribution is 2.17. The van der Waals surface area contributed by atoms with Gasteiger partial charge in [0.1, 0.15) is 6.61 Å². The third kappa shape index (κ3) is 3.81. The average molecular weight is 322 g/mol. The van der Waals surface area contributed by atoms with Gasteiger partial charge in [0, 0.05) is 5.69 Å². The van der Waals surface area contributed by atoms with E-state index in [-0.39, 0.29) is 17.5 Å². The Labute approximate surface area is 140 Å². The molecule has 5 heteroatoms. The maximum atomic E-state index is 12.2. The number of benzene rings is 2. The standard InChI is InChI=1S/C19H18N2O3/c1-13-8-9-16(10-14(13)2)20-19(22)17-11-18(21-24-17)23-12-15-6-4-3-5-7-15/h3-11H,12H2,1-2H3,(H,20,22). The third-order valence-corrected chi connectivity index (χ3v) is 3.71. The Hall–Kier alpha value is -3.08. The normalized spacial score (nSPS) is 10.4. The number of carbonyl (C=O) groups excluding carboxylic acids is 1. The monoisotopic (exact) mass is 322 g/mol. The van der Waals surface area contributed by atoms with E-state index in [1.807, 2.05) is 62.4 Å². The number of aromatic nitrogens is 1. The molecule has 0 aliphatic rings. The van der Waals surface area contributed by atoms with Crippen LogP contribution in [0.3, 0.4) is 0 Å². The summed E-state index contributed by atoms with van der Waals surface area (Å²) in [6, 6.07) is 16.9. The minimum Gasteiger partial charge on any atom is -0.471 e. The van der Waals surface area contributed by atoms with Crippen LogP contribution < -0.4 is 10.1 Å². The fourth-order valence-electron chi connectivity index (χ4n) is 2.18. The second-order valence-electron chi connectivity index (χ2n) is 5.56. The van der Waals surface area contributed by atoms with Crippen LogP contribution in [0.5, 0.6) is 5.88 Å². The van der Waals surface area contributed by atoms with Gasteiger partial charge in [-0.15, -0.1) is 0 Å². The van der Waals surface area contributed by atoms with Crippen molar-refractivity contribution in [2.45, 2.75) is 20.5 Å². The first kappa shape index (κ1) is 15.8. The van der Waals surface area contributed by atoms with E-state index < -0.39 is 0 Å². The van der Waals surface area contributed by atoms with Gasteiger partial charge in [-0.3, -0.25) is 4.79 Å². The summed E-state index contributed by atoms with van der Waals surface area (Å²) in [5, 5.41) is 6.55. The summed E-state index contributed by atoms with van der Waals surface area (Å²) >= 11 is 0. The van der Waals surface area contributed by atoms with Gasteiger partial charge in [-0.05, 0) is 47.8 Å². The van der Waals surface area contributed by atoms with Gasteiger partial charge in [0.25, 0.3) is 11.8 Å². The molecule has 0 unspecified atom stereocenters. The van der Waals surface area contributed by atoms with Crippen molar-refractivity contribution in [2.24, 2.45) is 0 Å². The smallest absolute Gasteiger partial charge is 0.294 e. The molecule has 24 heavy (non-hydrogen) atoms. The minimum absolute atomic E-state index is 0.108. The van der Waals surface area contributed by atoms with Crippen molar-refractivity contribution in [3.8, 4) is 5.88 Å². The molecule has 3 aromatic rings. The molecule has 1 aromatic heterocycles. The number of anilines is 1. The molecule has 1 amide bonds. The van der Waals surface area contributed by atoms with Crippen molar-refractivity contribution < 1.29 is 14.1 Å². The Bertz CT molecular complexity index is 841. The van der Waals surface area contributed by atoms with Gasteiger partial charge in [-0.25, -0.2) is 0 Å². The van der Waals surface area contributed by atoms with Gasteiger partial charge < -0.3 is 14.6 Å². The van der Waals surface area contributed by atoms with Crippen molar-refractivity contribution in [1.29, 1.82) is 0 Å². The predicted molar refractivity (Wildman–Crippen MR) is 91.1 cm³/mol. The van der Waals surface area contributed by atoms with E-state index in [9.17, 15) is 4.79 Å². The number of amides is 1. The minimum atomic E-state index is -0.361. The highest BCUT2D eigenvalue weighted by atomic mass is 16.5. The Balaban J connectivity index is 1.62. The summed E-state index contributed by atoms with van der Waals surface area (Å²) in [7, 11) is 0. The zero-order chi connectivity index (χ0) is 16.9. The summed E-state index contributed by atoms with van der Waals surface area (Å²) < 4.78 is 10.6. The van der Waals surface area contributed by atoms with Crippen molar-refractivity contribution in [1.82, 2.24) is 5.16 Å². The number of aryl methyl sites for hydroxylation is 2. The molecule has 0 bridgehead atoms. The Kier molecular flexibility index (Phi) is 4.61. The molecule has 0 radical (unpaired) electrons. The number of nitrogens with zero attached hydrogens (tertiary/aromatic N) is 1. The molecule has 0 atom stereocenters. The second-order valence-corrected chi connectivity index (χ2v) is 5.56. The van der Waals surface area contributed by atoms with Crippen LogP contribution in [0.15, 0.2) is 59.1 Å². The predicted octanol–water partition coefficient (Wildman–Crippen LogP) is 4.12. The molecular weight excluding hydrogens is 304 g/mol. The van der Waals surface area contributed by atoms with Gasteiger partial charge in [-0.1, -0.05) is 36.4 Å². The SMILES string of the molecule is Cc1ccc(NC(=O)c2cc(OCc3ccccc3)no2)cc1C. The number of carbonyl (C=O) groups is 1. The topological polar surface area (TPSA) is 64.4 Å². The van der Waals surface area contributed by atoms with E-state index in [2.05, 4.69) is 10.5 Å². The quantitative estimate of drug-likeness (QED) is 0.767. The van der Waals surface area contributed by atoms with Crippen LogP contribution in [0, 0.1) is 13.8 Å². The highest BCUT2D eigenvalue weighted by Gasteiger charge is 2.14. The summed E-state index contributed by atoms with van der Waals surface area (Å²) in [6.45, 7) is 4.38. The lowest BCUT2D eigenvalue weighted by Gasteiger charge is -2.05. The molecule has 0 aliphatic carbocycles. The second kappa shape index (κ2) is 7.00. The fraction of sp³-hybridized carbons (Fsp3) is 0.158. The van der Waals surface area contributed by atoms with Crippen molar-refractivity contribution in [3.05, 3.63) is 77.0 Å². The molecule has 0 aliphatic heterocycles. The lowest BCUT2D eigenvalue weighted by molar-refractivity contribution is 0.0987. The van der Waals surface area contributed by atoms with Crippen LogP contribution in [0.4, 0.5) is 5.69 Å². The third-order valence-electron chi connectivity index (χ3n) is 3.71. The van der Waals surface area contributed by atoms with Gasteiger partial charge >= 0.3 is 0 Å². The van der Waals surface area contributed by atoms with Crippen LogP contribution in [-0.2, 0) is 6.61 Å². The fourth-order valence-corrected chi connectivity index (χ4v) is 2.18. The van der Waals surface area contributed by atoms with Gasteiger partial charge in [0.15, 0.2) is 0 Å². The molecule has 0 saturated carbocycles. The van der Waals surface area contributed by atoms with Crippen LogP contribution in [0.25, 0.3) is 0 Å². The number of hydrogen-bond donors (Lipinski definition) is 1. The van der Waals surface area contributed by atoms with E-state index in [4.69, 9.17) is 9.26 Å². The number of ether oxygens (including phenoxy) is 1. The summed E-state index contributed by atoms with van der Waals surface area (Å²) in [6.07, 6.45) is 0. The van der Waals surface area contributed by atoms with E-state index in [0.717, 1.165) is 11.1 Å². The first-order valence-corrected chi connectivity index (χ1v) is 7.64. The lowest BCUT2D eigenvalue weighted by Crippen LogP contribution is -2.11. The lowest BCUT2D eigenvalue weighted by atomic mass is 10.1. The van der Waals surface area contributed by atoms with Crippen LogP contribution in [-0.4, -0.2) is 11.1 Å². The van der Waals surface area contributed by atoms with E-state index in [1.54, 1.807) is 0 Å². The Morgan fingerprint density at radius 3 is 2.62 bits per heavy atom. The molecule has 122 valence electrons. The number of nitrogens with one attached hydrogen (secondary N) is 1. The van der Waals surface area contributed by atoms with Gasteiger partial charge in [0.05, 0.1) is 6.07 Å².